The number of amides is 2. The molecule has 28 heavy (non-hydrogen) atoms. The minimum atomic E-state index is -0.113. The van der Waals surface area contributed by atoms with E-state index in [1.165, 1.54) is 11.8 Å². The lowest BCUT2D eigenvalue weighted by Gasteiger charge is -2.17. The van der Waals surface area contributed by atoms with Gasteiger partial charge in [0.15, 0.2) is 11.5 Å². The third-order valence-corrected chi connectivity index (χ3v) is 6.19. The molecular formula is C20H24N2O4S2. The highest BCUT2D eigenvalue weighted by Crippen LogP contribution is 2.34. The lowest BCUT2D eigenvalue weighted by atomic mass is 10.2. The lowest BCUT2D eigenvalue weighted by molar-refractivity contribution is -0.130. The van der Waals surface area contributed by atoms with Crippen LogP contribution in [-0.4, -0.2) is 59.8 Å². The van der Waals surface area contributed by atoms with Crippen LogP contribution in [0.5, 0.6) is 11.5 Å². The third kappa shape index (κ3) is 4.67. The molecule has 2 fully saturated rings. The second-order valence-electron chi connectivity index (χ2n) is 6.64. The van der Waals surface area contributed by atoms with Crippen molar-refractivity contribution in [2.24, 2.45) is 0 Å². The van der Waals surface area contributed by atoms with Gasteiger partial charge in [-0.1, -0.05) is 30.0 Å². The Morgan fingerprint density at radius 3 is 2.61 bits per heavy atom. The number of hydrogen-bond acceptors (Lipinski definition) is 6. The van der Waals surface area contributed by atoms with Gasteiger partial charge in [0.1, 0.15) is 4.32 Å². The molecule has 2 aliphatic heterocycles. The monoisotopic (exact) mass is 420 g/mol. The summed E-state index contributed by atoms with van der Waals surface area (Å²) in [6.45, 7) is 2.18. The molecule has 0 atom stereocenters. The molecule has 2 amide bonds. The van der Waals surface area contributed by atoms with Crippen LogP contribution in [0.2, 0.25) is 0 Å². The van der Waals surface area contributed by atoms with Gasteiger partial charge in [-0.15, -0.1) is 0 Å². The van der Waals surface area contributed by atoms with Gasteiger partial charge in [0.2, 0.25) is 5.91 Å². The Kier molecular flexibility index (Phi) is 6.96. The molecule has 2 saturated heterocycles. The van der Waals surface area contributed by atoms with E-state index in [9.17, 15) is 9.59 Å². The Balaban J connectivity index is 1.61. The van der Waals surface area contributed by atoms with Gasteiger partial charge in [-0.25, -0.2) is 0 Å². The van der Waals surface area contributed by atoms with Crippen molar-refractivity contribution >= 4 is 46.2 Å². The first-order valence-electron chi connectivity index (χ1n) is 9.28. The van der Waals surface area contributed by atoms with Crippen molar-refractivity contribution in [1.82, 2.24) is 9.80 Å². The van der Waals surface area contributed by atoms with Crippen molar-refractivity contribution in [2.45, 2.75) is 25.7 Å². The third-order valence-electron chi connectivity index (χ3n) is 4.81. The summed E-state index contributed by atoms with van der Waals surface area (Å²) in [6, 6.07) is 5.48. The minimum Gasteiger partial charge on any atom is -0.493 e. The lowest BCUT2D eigenvalue weighted by Crippen LogP contribution is -2.31. The zero-order chi connectivity index (χ0) is 20.1. The molecule has 1 aromatic rings. The molecule has 6 nitrogen and oxygen atoms in total. The average Bonchev–Trinajstić information content (AvgIpc) is 3.32. The summed E-state index contributed by atoms with van der Waals surface area (Å²) in [7, 11) is 3.15. The minimum absolute atomic E-state index is 0.113. The number of hydrogen-bond donors (Lipinski definition) is 0. The van der Waals surface area contributed by atoms with Crippen LogP contribution < -0.4 is 9.47 Å². The molecule has 3 rings (SSSR count). The van der Waals surface area contributed by atoms with E-state index in [1.54, 1.807) is 31.3 Å². The highest BCUT2D eigenvalue weighted by molar-refractivity contribution is 8.26. The summed E-state index contributed by atoms with van der Waals surface area (Å²) in [5, 5.41) is 0. The SMILES string of the molecule is COc1ccc(/C=C2\SC(=S)N(CCCC(=O)N3CCCC3)C2=O)cc1OC. The Morgan fingerprint density at radius 2 is 1.93 bits per heavy atom. The van der Waals surface area contributed by atoms with Crippen LogP contribution >= 0.6 is 24.0 Å². The van der Waals surface area contributed by atoms with Crippen LogP contribution in [0.1, 0.15) is 31.2 Å². The maximum absolute atomic E-state index is 12.7. The Labute approximate surface area is 174 Å². The number of ether oxygens (including phenoxy) is 2. The van der Waals surface area contributed by atoms with Crippen molar-refractivity contribution in [1.29, 1.82) is 0 Å². The first-order valence-corrected chi connectivity index (χ1v) is 10.5. The largest absolute Gasteiger partial charge is 0.493 e. The number of nitrogens with zero attached hydrogens (tertiary/aromatic N) is 2. The molecule has 0 saturated carbocycles. The highest BCUT2D eigenvalue weighted by Gasteiger charge is 2.32. The maximum Gasteiger partial charge on any atom is 0.266 e. The number of benzene rings is 1. The van der Waals surface area contributed by atoms with Gasteiger partial charge < -0.3 is 14.4 Å². The molecule has 150 valence electrons. The molecule has 0 N–H and O–H groups in total. The standard InChI is InChI=1S/C20H24N2O4S2/c1-25-15-8-7-14(12-16(15)26-2)13-17-19(24)22(20(27)28-17)11-5-6-18(23)21-9-3-4-10-21/h7-8,12-13H,3-6,9-11H2,1-2H3/b17-13-. The number of methoxy groups -OCH3 is 2. The molecule has 2 aliphatic rings. The predicted octanol–water partition coefficient (Wildman–Crippen LogP) is 3.31. The van der Waals surface area contributed by atoms with Crippen molar-refractivity contribution in [2.75, 3.05) is 33.9 Å². The first-order chi connectivity index (χ1) is 13.5. The van der Waals surface area contributed by atoms with Gasteiger partial charge in [0, 0.05) is 26.1 Å². The molecule has 0 bridgehead atoms. The van der Waals surface area contributed by atoms with Gasteiger partial charge in [-0.2, -0.15) is 0 Å². The Hall–Kier alpha value is -2.06. The molecule has 0 radical (unpaired) electrons. The quantitative estimate of drug-likeness (QED) is 0.498. The molecule has 0 aromatic heterocycles. The Bertz CT molecular complexity index is 803. The zero-order valence-electron chi connectivity index (χ0n) is 16.1. The number of rotatable bonds is 7. The predicted molar refractivity (Wildman–Crippen MR) is 114 cm³/mol. The van der Waals surface area contributed by atoms with Gasteiger partial charge in [0.05, 0.1) is 19.1 Å². The fraction of sp³-hybridized carbons (Fsp3) is 0.450. The van der Waals surface area contributed by atoms with E-state index in [4.69, 9.17) is 21.7 Å². The van der Waals surface area contributed by atoms with E-state index in [1.807, 2.05) is 17.0 Å². The average molecular weight is 421 g/mol. The van der Waals surface area contributed by atoms with Gasteiger partial charge in [-0.3, -0.25) is 14.5 Å². The fourth-order valence-corrected chi connectivity index (χ4v) is 4.61. The van der Waals surface area contributed by atoms with E-state index in [0.29, 0.717) is 40.1 Å². The van der Waals surface area contributed by atoms with E-state index in [2.05, 4.69) is 0 Å². The molecule has 1 aromatic carbocycles. The molecule has 8 heteroatoms. The zero-order valence-corrected chi connectivity index (χ0v) is 17.7. The van der Waals surface area contributed by atoms with E-state index >= 15 is 0 Å². The second kappa shape index (κ2) is 9.43. The second-order valence-corrected chi connectivity index (χ2v) is 8.31. The molecule has 0 aliphatic carbocycles. The topological polar surface area (TPSA) is 59.1 Å². The molecular weight excluding hydrogens is 396 g/mol. The normalized spacial score (nSPS) is 18.3. The van der Waals surface area contributed by atoms with E-state index in [-0.39, 0.29) is 11.8 Å². The van der Waals surface area contributed by atoms with Crippen molar-refractivity contribution in [3.8, 4) is 11.5 Å². The van der Waals surface area contributed by atoms with Crippen LogP contribution in [0.3, 0.4) is 0 Å². The smallest absolute Gasteiger partial charge is 0.266 e. The van der Waals surface area contributed by atoms with Crippen LogP contribution in [0, 0.1) is 0 Å². The van der Waals surface area contributed by atoms with Crippen molar-refractivity contribution in [3.63, 3.8) is 0 Å². The van der Waals surface area contributed by atoms with Crippen molar-refractivity contribution in [3.05, 3.63) is 28.7 Å². The summed E-state index contributed by atoms with van der Waals surface area (Å²) in [4.78, 5) is 28.9. The maximum atomic E-state index is 12.7. The number of carbonyl (C=O) groups excluding carboxylic acids is 2. The molecule has 0 spiro atoms. The molecule has 0 unspecified atom stereocenters. The van der Waals surface area contributed by atoms with Crippen LogP contribution in [0.25, 0.3) is 6.08 Å². The summed E-state index contributed by atoms with van der Waals surface area (Å²) >= 11 is 6.66. The van der Waals surface area contributed by atoms with Crippen LogP contribution in [0.15, 0.2) is 23.1 Å². The number of likely N-dealkylation sites (tertiary alicyclic amines) is 1. The van der Waals surface area contributed by atoms with Gasteiger partial charge >= 0.3 is 0 Å². The first kappa shape index (κ1) is 20.7. The number of thiocarbonyl (C=S) groups is 1. The highest BCUT2D eigenvalue weighted by atomic mass is 32.2. The summed E-state index contributed by atoms with van der Waals surface area (Å²) < 4.78 is 11.1. The van der Waals surface area contributed by atoms with Gasteiger partial charge in [0.25, 0.3) is 5.91 Å². The van der Waals surface area contributed by atoms with E-state index < -0.39 is 0 Å². The van der Waals surface area contributed by atoms with E-state index in [0.717, 1.165) is 31.5 Å². The summed E-state index contributed by atoms with van der Waals surface area (Å²) in [5.41, 5.74) is 0.836. The number of thioether (sulfide) groups is 1. The summed E-state index contributed by atoms with van der Waals surface area (Å²) in [5.74, 6) is 1.30. The van der Waals surface area contributed by atoms with Gasteiger partial charge in [-0.05, 0) is 43.0 Å². The van der Waals surface area contributed by atoms with Crippen molar-refractivity contribution < 1.29 is 19.1 Å². The van der Waals surface area contributed by atoms with Crippen LogP contribution in [-0.2, 0) is 9.59 Å². The van der Waals surface area contributed by atoms with Crippen LogP contribution in [0.4, 0.5) is 0 Å². The Morgan fingerprint density at radius 1 is 1.21 bits per heavy atom. The summed E-state index contributed by atoms with van der Waals surface area (Å²) in [6.07, 6.45) is 5.04. The number of carbonyl (C=O) groups is 2. The molecule has 2 heterocycles. The fourth-order valence-electron chi connectivity index (χ4n) is 3.30.